The number of aryl methyl sites for hydroxylation is 1. The lowest BCUT2D eigenvalue weighted by Gasteiger charge is -2.41. The molecular formula is C13H20N2O2. The Morgan fingerprint density at radius 3 is 2.88 bits per heavy atom. The molecule has 4 nitrogen and oxygen atoms in total. The minimum absolute atomic E-state index is 0.0612. The Morgan fingerprint density at radius 2 is 2.35 bits per heavy atom. The van der Waals surface area contributed by atoms with Crippen LogP contribution in [0.3, 0.4) is 0 Å². The first-order valence-electron chi connectivity index (χ1n) is 6.07. The molecule has 1 aromatic rings. The van der Waals surface area contributed by atoms with Gasteiger partial charge in [-0.3, -0.25) is 4.79 Å². The number of likely N-dealkylation sites (tertiary alicyclic amines) is 1. The zero-order valence-electron chi connectivity index (χ0n) is 10.7. The van der Waals surface area contributed by atoms with Crippen LogP contribution < -0.4 is 0 Å². The lowest BCUT2D eigenvalue weighted by molar-refractivity contribution is -0.0439. The molecule has 1 aliphatic heterocycles. The SMILES string of the molecule is Cc1[nH]ccc1C(=O)N1CC[C@](C)(O)[C@H](C)C1. The van der Waals surface area contributed by atoms with E-state index in [2.05, 4.69) is 4.98 Å². The first-order valence-corrected chi connectivity index (χ1v) is 6.07. The Hall–Kier alpha value is -1.29. The maximum Gasteiger partial charge on any atom is 0.255 e. The van der Waals surface area contributed by atoms with Gasteiger partial charge in [0, 0.05) is 30.9 Å². The molecule has 94 valence electrons. The summed E-state index contributed by atoms with van der Waals surface area (Å²) in [7, 11) is 0. The molecule has 17 heavy (non-hydrogen) atoms. The minimum Gasteiger partial charge on any atom is -0.390 e. The summed E-state index contributed by atoms with van der Waals surface area (Å²) in [5.41, 5.74) is 0.989. The number of aliphatic hydroxyl groups is 1. The highest BCUT2D eigenvalue weighted by Gasteiger charge is 2.36. The molecule has 0 spiro atoms. The molecular weight excluding hydrogens is 216 g/mol. The number of carbonyl (C=O) groups is 1. The third-order valence-electron chi connectivity index (χ3n) is 3.92. The number of aromatic amines is 1. The highest BCUT2D eigenvalue weighted by Crippen LogP contribution is 2.28. The van der Waals surface area contributed by atoms with Gasteiger partial charge in [-0.15, -0.1) is 0 Å². The molecule has 4 heteroatoms. The van der Waals surface area contributed by atoms with E-state index in [1.165, 1.54) is 0 Å². The second-order valence-electron chi connectivity index (χ2n) is 5.28. The highest BCUT2D eigenvalue weighted by atomic mass is 16.3. The number of rotatable bonds is 1. The number of aromatic nitrogens is 1. The summed E-state index contributed by atoms with van der Waals surface area (Å²) in [6, 6.07) is 1.81. The van der Waals surface area contributed by atoms with E-state index in [1.807, 2.05) is 31.7 Å². The zero-order chi connectivity index (χ0) is 12.6. The summed E-state index contributed by atoms with van der Waals surface area (Å²) in [4.78, 5) is 17.1. The largest absolute Gasteiger partial charge is 0.390 e. The molecule has 1 aromatic heterocycles. The van der Waals surface area contributed by atoms with Crippen LogP contribution >= 0.6 is 0 Å². The van der Waals surface area contributed by atoms with Gasteiger partial charge >= 0.3 is 0 Å². The number of hydrogen-bond acceptors (Lipinski definition) is 2. The van der Waals surface area contributed by atoms with Crippen LogP contribution in [0.25, 0.3) is 0 Å². The number of hydrogen-bond donors (Lipinski definition) is 2. The Bertz CT molecular complexity index is 423. The molecule has 0 unspecified atom stereocenters. The van der Waals surface area contributed by atoms with Crippen molar-refractivity contribution in [2.45, 2.75) is 32.8 Å². The van der Waals surface area contributed by atoms with Crippen molar-refractivity contribution in [3.8, 4) is 0 Å². The van der Waals surface area contributed by atoms with Crippen molar-refractivity contribution in [1.29, 1.82) is 0 Å². The number of nitrogens with zero attached hydrogens (tertiary/aromatic N) is 1. The predicted octanol–water partition coefficient (Wildman–Crippen LogP) is 1.56. The predicted molar refractivity (Wildman–Crippen MR) is 65.8 cm³/mol. The molecule has 0 bridgehead atoms. The fourth-order valence-electron chi connectivity index (χ4n) is 2.27. The highest BCUT2D eigenvalue weighted by molar-refractivity contribution is 5.95. The van der Waals surface area contributed by atoms with Crippen molar-refractivity contribution in [2.75, 3.05) is 13.1 Å². The molecule has 1 saturated heterocycles. The number of H-pyrrole nitrogens is 1. The van der Waals surface area contributed by atoms with Crippen molar-refractivity contribution in [1.82, 2.24) is 9.88 Å². The summed E-state index contributed by atoms with van der Waals surface area (Å²) < 4.78 is 0. The number of nitrogens with one attached hydrogen (secondary N) is 1. The summed E-state index contributed by atoms with van der Waals surface area (Å²) in [5, 5.41) is 10.1. The smallest absolute Gasteiger partial charge is 0.255 e. The Kier molecular flexibility index (Phi) is 3.00. The summed E-state index contributed by atoms with van der Waals surface area (Å²) in [6.07, 6.45) is 2.43. The summed E-state index contributed by atoms with van der Waals surface area (Å²) >= 11 is 0. The monoisotopic (exact) mass is 236 g/mol. The third kappa shape index (κ3) is 2.22. The Balaban J connectivity index is 2.11. The molecule has 0 aliphatic carbocycles. The molecule has 2 atom stereocenters. The van der Waals surface area contributed by atoms with Crippen molar-refractivity contribution in [3.63, 3.8) is 0 Å². The van der Waals surface area contributed by atoms with Gasteiger partial charge in [0.2, 0.25) is 0 Å². The van der Waals surface area contributed by atoms with Gasteiger partial charge in [0.15, 0.2) is 0 Å². The van der Waals surface area contributed by atoms with Gasteiger partial charge in [-0.1, -0.05) is 6.92 Å². The second kappa shape index (κ2) is 4.18. The van der Waals surface area contributed by atoms with Crippen molar-refractivity contribution < 1.29 is 9.90 Å². The molecule has 0 radical (unpaired) electrons. The van der Waals surface area contributed by atoms with Crippen LogP contribution in [0.5, 0.6) is 0 Å². The molecule has 2 N–H and O–H groups in total. The van der Waals surface area contributed by atoms with E-state index in [1.54, 1.807) is 6.20 Å². The van der Waals surface area contributed by atoms with Crippen LogP contribution in [0.2, 0.25) is 0 Å². The van der Waals surface area contributed by atoms with Crippen LogP contribution in [0.1, 0.15) is 36.3 Å². The van der Waals surface area contributed by atoms with Gasteiger partial charge in [-0.05, 0) is 26.3 Å². The molecule has 1 fully saturated rings. The molecule has 1 aliphatic rings. The van der Waals surface area contributed by atoms with E-state index in [9.17, 15) is 9.90 Å². The molecule has 0 saturated carbocycles. The maximum absolute atomic E-state index is 12.3. The van der Waals surface area contributed by atoms with Crippen LogP contribution in [0.4, 0.5) is 0 Å². The van der Waals surface area contributed by atoms with E-state index in [0.717, 1.165) is 11.3 Å². The van der Waals surface area contributed by atoms with E-state index in [0.29, 0.717) is 19.5 Å². The lowest BCUT2D eigenvalue weighted by Crippen LogP contribution is -2.50. The van der Waals surface area contributed by atoms with Crippen molar-refractivity contribution >= 4 is 5.91 Å². The van der Waals surface area contributed by atoms with Crippen molar-refractivity contribution in [3.05, 3.63) is 23.5 Å². The quantitative estimate of drug-likeness (QED) is 0.777. The van der Waals surface area contributed by atoms with Crippen LogP contribution in [-0.4, -0.2) is 39.6 Å². The summed E-state index contributed by atoms with van der Waals surface area (Å²) in [6.45, 7) is 6.98. The fraction of sp³-hybridized carbons (Fsp3) is 0.615. The normalized spacial score (nSPS) is 29.4. The number of piperidine rings is 1. The van der Waals surface area contributed by atoms with Gasteiger partial charge in [0.05, 0.1) is 11.2 Å². The molecule has 2 rings (SSSR count). The molecule has 1 amide bonds. The molecule has 2 heterocycles. The second-order valence-corrected chi connectivity index (χ2v) is 5.28. The van der Waals surface area contributed by atoms with Gasteiger partial charge in [-0.25, -0.2) is 0 Å². The number of carbonyl (C=O) groups excluding carboxylic acids is 1. The first kappa shape index (κ1) is 12.2. The van der Waals surface area contributed by atoms with Crippen LogP contribution in [0.15, 0.2) is 12.3 Å². The zero-order valence-corrected chi connectivity index (χ0v) is 10.7. The van der Waals surface area contributed by atoms with E-state index >= 15 is 0 Å². The van der Waals surface area contributed by atoms with Gasteiger partial charge in [0.1, 0.15) is 0 Å². The number of amides is 1. The van der Waals surface area contributed by atoms with Crippen LogP contribution in [0, 0.1) is 12.8 Å². The summed E-state index contributed by atoms with van der Waals surface area (Å²) in [5.74, 6) is 0.172. The average molecular weight is 236 g/mol. The van der Waals surface area contributed by atoms with Gasteiger partial charge in [-0.2, -0.15) is 0 Å². The molecule has 0 aromatic carbocycles. The standard InChI is InChI=1S/C13H20N2O2/c1-9-8-15(7-5-13(9,3)17)12(16)11-4-6-14-10(11)2/h4,6,9,14,17H,5,7-8H2,1-3H3/t9-,13+/m1/s1. The van der Waals surface area contributed by atoms with Crippen LogP contribution in [-0.2, 0) is 0 Å². The minimum atomic E-state index is -0.649. The van der Waals surface area contributed by atoms with E-state index in [4.69, 9.17) is 0 Å². The van der Waals surface area contributed by atoms with Crippen molar-refractivity contribution in [2.24, 2.45) is 5.92 Å². The Morgan fingerprint density at radius 1 is 1.65 bits per heavy atom. The average Bonchev–Trinajstić information content (AvgIpc) is 2.68. The lowest BCUT2D eigenvalue weighted by atomic mass is 9.84. The van der Waals surface area contributed by atoms with E-state index < -0.39 is 5.60 Å². The van der Waals surface area contributed by atoms with E-state index in [-0.39, 0.29) is 11.8 Å². The fourth-order valence-corrected chi connectivity index (χ4v) is 2.27. The topological polar surface area (TPSA) is 56.3 Å². The first-order chi connectivity index (χ1) is 7.92. The van der Waals surface area contributed by atoms with Gasteiger partial charge in [0.25, 0.3) is 5.91 Å². The maximum atomic E-state index is 12.3. The third-order valence-corrected chi connectivity index (χ3v) is 3.92. The van der Waals surface area contributed by atoms with Gasteiger partial charge < -0.3 is 15.0 Å². The Labute approximate surface area is 102 Å².